The Kier molecular flexibility index (Phi) is 9.20. The molecular formula is C30H38N5O9P. The van der Waals surface area contributed by atoms with Gasteiger partial charge in [0, 0.05) is 12.5 Å². The van der Waals surface area contributed by atoms with E-state index in [1.807, 2.05) is 18.2 Å². The number of nitrogens with zero attached hydrogens (tertiary/aromatic N) is 3. The monoisotopic (exact) mass is 643 g/mol. The van der Waals surface area contributed by atoms with Gasteiger partial charge in [-0.05, 0) is 51.3 Å². The van der Waals surface area contributed by atoms with Crippen LogP contribution in [0, 0.1) is 0 Å². The van der Waals surface area contributed by atoms with Crippen molar-refractivity contribution in [3.8, 4) is 5.75 Å². The van der Waals surface area contributed by atoms with Crippen LogP contribution in [0.25, 0.3) is 16.3 Å². The summed E-state index contributed by atoms with van der Waals surface area (Å²) in [6.07, 6.45) is -2.78. The van der Waals surface area contributed by atoms with Gasteiger partial charge in [-0.15, -0.1) is 0 Å². The van der Waals surface area contributed by atoms with Crippen LogP contribution in [0.1, 0.15) is 33.4 Å². The molecule has 0 aliphatic carbocycles. The molecule has 0 spiro atoms. The topological polar surface area (TPSA) is 189 Å². The Morgan fingerprint density at radius 3 is 2.69 bits per heavy atom. The fourth-order valence-corrected chi connectivity index (χ4v) is 6.56. The highest BCUT2D eigenvalue weighted by atomic mass is 31.2. The number of nitrogens with one attached hydrogen (secondary N) is 1. The summed E-state index contributed by atoms with van der Waals surface area (Å²) in [6.45, 7) is 6.02. The van der Waals surface area contributed by atoms with E-state index in [-0.39, 0.29) is 18.2 Å². The van der Waals surface area contributed by atoms with Gasteiger partial charge in [-0.3, -0.25) is 9.32 Å². The minimum Gasteiger partial charge on any atom is -0.461 e. The molecule has 0 amide bonds. The van der Waals surface area contributed by atoms with Crippen LogP contribution in [-0.2, 0) is 33.7 Å². The molecule has 1 aliphatic rings. The molecule has 5 rings (SSSR count). The molecule has 3 heterocycles. The van der Waals surface area contributed by atoms with Gasteiger partial charge in [-0.1, -0.05) is 36.4 Å². The van der Waals surface area contributed by atoms with Crippen LogP contribution < -0.4 is 15.3 Å². The number of anilines is 1. The van der Waals surface area contributed by atoms with E-state index in [1.165, 1.54) is 24.9 Å². The van der Waals surface area contributed by atoms with Gasteiger partial charge in [0.1, 0.15) is 54.2 Å². The zero-order chi connectivity index (χ0) is 32.6. The van der Waals surface area contributed by atoms with E-state index in [2.05, 4.69) is 15.2 Å². The third kappa shape index (κ3) is 6.68. The molecular weight excluding hydrogens is 605 g/mol. The maximum Gasteiger partial charge on any atom is 0.459 e. The highest BCUT2D eigenvalue weighted by Crippen LogP contribution is 2.48. The average Bonchev–Trinajstić information content (AvgIpc) is 3.56. The number of methoxy groups -OCH3 is 1. The number of ether oxygens (including phenoxy) is 3. The molecule has 0 bridgehead atoms. The van der Waals surface area contributed by atoms with Crippen molar-refractivity contribution in [2.24, 2.45) is 0 Å². The third-order valence-electron chi connectivity index (χ3n) is 7.85. The second kappa shape index (κ2) is 12.6. The Morgan fingerprint density at radius 2 is 1.93 bits per heavy atom. The second-order valence-electron chi connectivity index (χ2n) is 11.6. The summed E-state index contributed by atoms with van der Waals surface area (Å²) in [5.41, 5.74) is 4.67. The Bertz CT molecular complexity index is 1730. The highest BCUT2D eigenvalue weighted by molar-refractivity contribution is 7.52. The number of rotatable bonds is 12. The number of fused-ring (bicyclic) bond motifs is 2. The zero-order valence-electron chi connectivity index (χ0n) is 25.6. The molecule has 4 aromatic rings. The van der Waals surface area contributed by atoms with Crippen LogP contribution in [0.5, 0.6) is 5.75 Å². The number of aromatic nitrogens is 3. The lowest BCUT2D eigenvalue weighted by atomic mass is 9.93. The fourth-order valence-electron chi connectivity index (χ4n) is 5.04. The lowest BCUT2D eigenvalue weighted by Gasteiger charge is -2.28. The summed E-state index contributed by atoms with van der Waals surface area (Å²) in [5, 5.41) is 30.5. The number of hydrogen-bond acceptors (Lipinski definition) is 12. The lowest BCUT2D eigenvalue weighted by Crippen LogP contribution is -2.40. The van der Waals surface area contributed by atoms with Crippen LogP contribution in [0.15, 0.2) is 60.9 Å². The number of nitrogens with two attached hydrogens (primary N) is 1. The molecule has 1 saturated heterocycles. The Morgan fingerprint density at radius 1 is 1.20 bits per heavy atom. The van der Waals surface area contributed by atoms with Crippen LogP contribution in [0.2, 0.25) is 0 Å². The van der Waals surface area contributed by atoms with Crippen molar-refractivity contribution in [1.29, 1.82) is 0 Å². The summed E-state index contributed by atoms with van der Waals surface area (Å²) in [5.74, 6) is -0.254. The predicted molar refractivity (Wildman–Crippen MR) is 164 cm³/mol. The molecule has 1 fully saturated rings. The van der Waals surface area contributed by atoms with Gasteiger partial charge in [0.2, 0.25) is 0 Å². The van der Waals surface area contributed by atoms with E-state index in [4.69, 9.17) is 29.0 Å². The first-order valence-corrected chi connectivity index (χ1v) is 15.9. The minimum atomic E-state index is -4.37. The van der Waals surface area contributed by atoms with Gasteiger partial charge in [0.25, 0.3) is 0 Å². The Labute approximate surface area is 260 Å². The van der Waals surface area contributed by atoms with Crippen LogP contribution in [0.3, 0.4) is 0 Å². The highest BCUT2D eigenvalue weighted by Gasteiger charge is 2.54. The fraction of sp³-hybridized carbons (Fsp3) is 0.433. The molecule has 242 valence electrons. The van der Waals surface area contributed by atoms with Crippen LogP contribution in [-0.4, -0.2) is 81.1 Å². The summed E-state index contributed by atoms with van der Waals surface area (Å²) in [7, 11) is -2.87. The van der Waals surface area contributed by atoms with Crippen molar-refractivity contribution in [2.45, 2.75) is 63.3 Å². The van der Waals surface area contributed by atoms with Crippen molar-refractivity contribution in [3.63, 3.8) is 0 Å². The predicted octanol–water partition coefficient (Wildman–Crippen LogP) is 2.95. The first-order valence-electron chi connectivity index (χ1n) is 14.3. The average molecular weight is 644 g/mol. The number of nitrogen functional groups attached to an aromatic ring is 1. The second-order valence-corrected chi connectivity index (χ2v) is 13.3. The zero-order valence-corrected chi connectivity index (χ0v) is 26.5. The molecule has 5 N–H and O–H groups in total. The standard InChI is InChI=1S/C30H38N5O9P/c1-18(28(38)41-16-29(2,3)40-5)34-45(39,44-22-12-8-10-19-9-6-7-11-20(19)22)42-15-23-25(36)26(37)30(4,43-23)24-14-13-21-27(31)32-17-33-35(21)24/h6-14,17-18,23,25-26,36-37H,15-16H2,1-5H3,(H,34,39)(H2,31,32,33)/t18-,23+,25+,26+,30-,45?/m0/s1. The smallest absolute Gasteiger partial charge is 0.459 e. The summed E-state index contributed by atoms with van der Waals surface area (Å²) < 4.78 is 44.4. The van der Waals surface area contributed by atoms with Gasteiger partial charge >= 0.3 is 13.7 Å². The minimum absolute atomic E-state index is 0.0484. The largest absolute Gasteiger partial charge is 0.461 e. The molecule has 2 aromatic carbocycles. The molecule has 0 saturated carbocycles. The van der Waals surface area contributed by atoms with Gasteiger partial charge in [-0.2, -0.15) is 10.2 Å². The van der Waals surface area contributed by atoms with Crippen molar-refractivity contribution >= 4 is 35.8 Å². The summed E-state index contributed by atoms with van der Waals surface area (Å²) in [6, 6.07) is 14.7. The van der Waals surface area contributed by atoms with E-state index < -0.39 is 55.9 Å². The molecule has 6 atom stereocenters. The maximum atomic E-state index is 14.3. The molecule has 45 heavy (non-hydrogen) atoms. The SMILES string of the molecule is COC(C)(C)COC(=O)[C@H](C)NP(=O)(OC[C@H]1O[C@@](C)(c2ccc3c(N)ncnn23)[C@H](O)[C@@H]1O)Oc1cccc2ccccc12. The number of carbonyl (C=O) groups excluding carboxylic acids is 1. The molecule has 2 aromatic heterocycles. The van der Waals surface area contributed by atoms with Crippen molar-refractivity contribution in [3.05, 3.63) is 66.6 Å². The van der Waals surface area contributed by atoms with E-state index in [9.17, 15) is 19.6 Å². The van der Waals surface area contributed by atoms with E-state index >= 15 is 0 Å². The van der Waals surface area contributed by atoms with Crippen molar-refractivity contribution < 1.29 is 42.8 Å². The van der Waals surface area contributed by atoms with Gasteiger partial charge in [0.15, 0.2) is 5.82 Å². The molecule has 15 heteroatoms. The number of hydrogen-bond donors (Lipinski definition) is 4. The van der Waals surface area contributed by atoms with Gasteiger partial charge in [0.05, 0.1) is 17.9 Å². The van der Waals surface area contributed by atoms with Crippen molar-refractivity contribution in [2.75, 3.05) is 26.1 Å². The Hall–Kier alpha value is -3.62. The summed E-state index contributed by atoms with van der Waals surface area (Å²) in [4.78, 5) is 16.8. The van der Waals surface area contributed by atoms with E-state index in [0.29, 0.717) is 16.6 Å². The summed E-state index contributed by atoms with van der Waals surface area (Å²) >= 11 is 0. The van der Waals surface area contributed by atoms with Crippen LogP contribution >= 0.6 is 7.75 Å². The Balaban J connectivity index is 1.38. The third-order valence-corrected chi connectivity index (χ3v) is 9.48. The van der Waals surface area contributed by atoms with Gasteiger partial charge < -0.3 is 34.7 Å². The van der Waals surface area contributed by atoms with Crippen LogP contribution in [0.4, 0.5) is 5.82 Å². The lowest BCUT2D eigenvalue weighted by molar-refractivity contribution is -0.153. The number of benzene rings is 2. The first kappa shape index (κ1) is 32.8. The number of carbonyl (C=O) groups is 1. The first-order chi connectivity index (χ1) is 21.3. The molecule has 1 aliphatic heterocycles. The normalized spacial score (nSPS) is 24.0. The van der Waals surface area contributed by atoms with Gasteiger partial charge in [-0.25, -0.2) is 14.1 Å². The number of aliphatic hydroxyl groups excluding tert-OH is 2. The number of esters is 1. The van der Waals surface area contributed by atoms with Crippen molar-refractivity contribution in [1.82, 2.24) is 19.7 Å². The van der Waals surface area contributed by atoms with E-state index in [0.717, 1.165) is 5.39 Å². The molecule has 0 radical (unpaired) electrons. The molecule has 1 unspecified atom stereocenters. The number of aliphatic hydroxyl groups is 2. The molecule has 14 nitrogen and oxygen atoms in total. The maximum absolute atomic E-state index is 14.3. The van der Waals surface area contributed by atoms with E-state index in [1.54, 1.807) is 57.2 Å². The quantitative estimate of drug-likeness (QED) is 0.130.